The molecule has 1 aliphatic rings. The van der Waals surface area contributed by atoms with Gasteiger partial charge >= 0.3 is 0 Å². The first kappa shape index (κ1) is 18.2. The Morgan fingerprint density at radius 1 is 1.14 bits per heavy atom. The van der Waals surface area contributed by atoms with Crippen LogP contribution in [0.4, 0.5) is 5.69 Å². The first-order valence-corrected chi connectivity index (χ1v) is 9.33. The van der Waals surface area contributed by atoms with Crippen molar-refractivity contribution in [3.8, 4) is 22.8 Å². The maximum Gasteiger partial charge on any atom is 0.267 e. The first-order valence-electron chi connectivity index (χ1n) is 8.54. The van der Waals surface area contributed by atoms with Crippen molar-refractivity contribution in [2.45, 2.75) is 13.5 Å². The molecule has 0 saturated carbocycles. The zero-order valence-corrected chi connectivity index (χ0v) is 16.5. The molecule has 142 valence electrons. The number of halogens is 1. The van der Waals surface area contributed by atoms with E-state index in [2.05, 4.69) is 26.3 Å². The highest BCUT2D eigenvalue weighted by Gasteiger charge is 2.15. The quantitative estimate of drug-likeness (QED) is 0.670. The summed E-state index contributed by atoms with van der Waals surface area (Å²) in [6, 6.07) is 14.0. The summed E-state index contributed by atoms with van der Waals surface area (Å²) in [6.45, 7) is 1.89. The van der Waals surface area contributed by atoms with Crippen molar-refractivity contribution in [1.29, 1.82) is 0 Å². The molecule has 0 bridgehead atoms. The van der Waals surface area contributed by atoms with E-state index in [-0.39, 0.29) is 24.8 Å². The van der Waals surface area contributed by atoms with Crippen molar-refractivity contribution in [1.82, 2.24) is 9.78 Å². The van der Waals surface area contributed by atoms with Crippen LogP contribution in [-0.2, 0) is 11.3 Å². The minimum atomic E-state index is -0.354. The molecule has 0 spiro atoms. The Balaban J connectivity index is 1.55. The van der Waals surface area contributed by atoms with E-state index in [0.717, 1.165) is 20.3 Å². The predicted molar refractivity (Wildman–Crippen MR) is 108 cm³/mol. The summed E-state index contributed by atoms with van der Waals surface area (Å²) in [5.41, 5.74) is 2.57. The van der Waals surface area contributed by atoms with Crippen molar-refractivity contribution in [3.05, 3.63) is 68.9 Å². The smallest absolute Gasteiger partial charge is 0.267 e. The lowest BCUT2D eigenvalue weighted by molar-refractivity contribution is -0.117. The summed E-state index contributed by atoms with van der Waals surface area (Å²) in [4.78, 5) is 24.6. The molecule has 0 aliphatic carbocycles. The van der Waals surface area contributed by atoms with Crippen LogP contribution in [0, 0.1) is 6.92 Å². The Hall–Kier alpha value is -3.13. The molecular formula is C20H16BrN3O4. The number of hydrogen-bond acceptors (Lipinski definition) is 5. The molecule has 28 heavy (non-hydrogen) atoms. The van der Waals surface area contributed by atoms with E-state index in [1.165, 1.54) is 6.07 Å². The Bertz CT molecular complexity index is 1130. The van der Waals surface area contributed by atoms with E-state index in [4.69, 9.17) is 9.47 Å². The average Bonchev–Trinajstić information content (AvgIpc) is 3.13. The minimum Gasteiger partial charge on any atom is -0.454 e. The van der Waals surface area contributed by atoms with Crippen LogP contribution in [0.3, 0.4) is 0 Å². The SMILES string of the molecule is Cc1cc(Br)ccc1NC(=O)Cn1nc(-c2ccc3c(c2)OCO3)ccc1=O. The number of nitrogens with one attached hydrogen (secondary N) is 1. The molecule has 0 radical (unpaired) electrons. The Morgan fingerprint density at radius 3 is 2.79 bits per heavy atom. The van der Waals surface area contributed by atoms with Gasteiger partial charge in [-0.15, -0.1) is 0 Å². The molecule has 7 nitrogen and oxygen atoms in total. The molecular weight excluding hydrogens is 426 g/mol. The summed E-state index contributed by atoms with van der Waals surface area (Å²) in [6.07, 6.45) is 0. The lowest BCUT2D eigenvalue weighted by Crippen LogP contribution is -2.29. The zero-order valence-electron chi connectivity index (χ0n) is 14.9. The van der Waals surface area contributed by atoms with Crippen LogP contribution < -0.4 is 20.3 Å². The molecule has 1 amide bonds. The number of aryl methyl sites for hydroxylation is 1. The number of nitrogens with zero attached hydrogens (tertiary/aromatic N) is 2. The zero-order chi connectivity index (χ0) is 19.7. The molecule has 8 heteroatoms. The summed E-state index contributed by atoms with van der Waals surface area (Å²) < 4.78 is 12.8. The number of anilines is 1. The van der Waals surface area contributed by atoms with Gasteiger partial charge in [0.15, 0.2) is 11.5 Å². The molecule has 1 aromatic heterocycles. The summed E-state index contributed by atoms with van der Waals surface area (Å²) >= 11 is 3.39. The van der Waals surface area contributed by atoms with Crippen molar-refractivity contribution in [2.24, 2.45) is 0 Å². The Kier molecular flexibility index (Phi) is 4.87. The first-order chi connectivity index (χ1) is 13.5. The van der Waals surface area contributed by atoms with Crippen LogP contribution in [0.25, 0.3) is 11.3 Å². The van der Waals surface area contributed by atoms with E-state index < -0.39 is 0 Å². The molecule has 1 N–H and O–H groups in total. The average molecular weight is 442 g/mol. The summed E-state index contributed by atoms with van der Waals surface area (Å²) in [5, 5.41) is 7.14. The van der Waals surface area contributed by atoms with E-state index in [9.17, 15) is 9.59 Å². The number of carbonyl (C=O) groups excluding carboxylic acids is 1. The second-order valence-corrected chi connectivity index (χ2v) is 7.21. The number of benzene rings is 2. The van der Waals surface area contributed by atoms with Crippen molar-refractivity contribution < 1.29 is 14.3 Å². The van der Waals surface area contributed by atoms with E-state index in [1.807, 2.05) is 25.1 Å². The number of rotatable bonds is 4. The molecule has 0 saturated heterocycles. The van der Waals surface area contributed by atoms with Gasteiger partial charge in [-0.25, -0.2) is 4.68 Å². The third kappa shape index (κ3) is 3.77. The van der Waals surface area contributed by atoms with E-state index in [0.29, 0.717) is 22.9 Å². The minimum absolute atomic E-state index is 0.182. The topological polar surface area (TPSA) is 82.5 Å². The fraction of sp³-hybridized carbons (Fsp3) is 0.150. The number of amides is 1. The number of aromatic nitrogens is 2. The molecule has 1 aliphatic heterocycles. The number of carbonyl (C=O) groups is 1. The summed E-state index contributed by atoms with van der Waals surface area (Å²) in [7, 11) is 0. The van der Waals surface area contributed by atoms with Gasteiger partial charge in [0.1, 0.15) is 6.54 Å². The normalized spacial score (nSPS) is 12.1. The van der Waals surface area contributed by atoms with Crippen molar-refractivity contribution in [2.75, 3.05) is 12.1 Å². The second-order valence-electron chi connectivity index (χ2n) is 6.29. The monoisotopic (exact) mass is 441 g/mol. The van der Waals surface area contributed by atoms with Crippen LogP contribution >= 0.6 is 15.9 Å². The van der Waals surface area contributed by atoms with Crippen LogP contribution in [0.1, 0.15) is 5.56 Å². The van der Waals surface area contributed by atoms with Gasteiger partial charge in [-0.1, -0.05) is 15.9 Å². The van der Waals surface area contributed by atoms with Gasteiger partial charge in [0, 0.05) is 21.8 Å². The van der Waals surface area contributed by atoms with Gasteiger partial charge in [0.25, 0.3) is 5.56 Å². The third-order valence-electron chi connectivity index (χ3n) is 4.29. The number of fused-ring (bicyclic) bond motifs is 1. The van der Waals surface area contributed by atoms with Gasteiger partial charge in [0.05, 0.1) is 5.69 Å². The lowest BCUT2D eigenvalue weighted by Gasteiger charge is -2.10. The van der Waals surface area contributed by atoms with Gasteiger partial charge in [0.2, 0.25) is 12.7 Å². The van der Waals surface area contributed by atoms with Crippen LogP contribution in [-0.4, -0.2) is 22.5 Å². The molecule has 3 aromatic rings. The van der Waals surface area contributed by atoms with E-state index >= 15 is 0 Å². The highest BCUT2D eigenvalue weighted by atomic mass is 79.9. The fourth-order valence-electron chi connectivity index (χ4n) is 2.87. The molecule has 0 unspecified atom stereocenters. The molecule has 0 fully saturated rings. The highest BCUT2D eigenvalue weighted by molar-refractivity contribution is 9.10. The van der Waals surface area contributed by atoms with Crippen LogP contribution in [0.2, 0.25) is 0 Å². The third-order valence-corrected chi connectivity index (χ3v) is 4.78. The fourth-order valence-corrected chi connectivity index (χ4v) is 3.34. The maximum atomic E-state index is 12.4. The van der Waals surface area contributed by atoms with Gasteiger partial charge in [-0.3, -0.25) is 9.59 Å². The molecule has 2 heterocycles. The highest BCUT2D eigenvalue weighted by Crippen LogP contribution is 2.35. The summed E-state index contributed by atoms with van der Waals surface area (Å²) in [5.74, 6) is 0.963. The molecule has 4 rings (SSSR count). The Labute approximate surface area is 169 Å². The van der Waals surface area contributed by atoms with Gasteiger partial charge < -0.3 is 14.8 Å². The van der Waals surface area contributed by atoms with Crippen LogP contribution in [0.5, 0.6) is 11.5 Å². The number of ether oxygens (including phenoxy) is 2. The molecule has 2 aromatic carbocycles. The standard InChI is InChI=1S/C20H16BrN3O4/c1-12-8-14(21)3-4-15(12)22-19(25)10-24-20(26)7-5-16(23-24)13-2-6-17-18(9-13)28-11-27-17/h2-9H,10-11H2,1H3,(H,22,25). The van der Waals surface area contributed by atoms with E-state index in [1.54, 1.807) is 24.3 Å². The van der Waals surface area contributed by atoms with Gasteiger partial charge in [-0.05, 0) is 55.0 Å². The van der Waals surface area contributed by atoms with Crippen LogP contribution in [0.15, 0.2) is 57.8 Å². The second kappa shape index (κ2) is 7.47. The van der Waals surface area contributed by atoms with Crippen molar-refractivity contribution >= 4 is 27.5 Å². The lowest BCUT2D eigenvalue weighted by atomic mass is 10.1. The molecule has 0 atom stereocenters. The number of hydrogen-bond donors (Lipinski definition) is 1. The maximum absolute atomic E-state index is 12.4. The Morgan fingerprint density at radius 2 is 1.96 bits per heavy atom. The van der Waals surface area contributed by atoms with Crippen molar-refractivity contribution in [3.63, 3.8) is 0 Å². The predicted octanol–water partition coefficient (Wildman–Crippen LogP) is 3.35. The largest absolute Gasteiger partial charge is 0.454 e. The van der Waals surface area contributed by atoms with Gasteiger partial charge in [-0.2, -0.15) is 5.10 Å².